The van der Waals surface area contributed by atoms with Gasteiger partial charge in [0.2, 0.25) is 0 Å². The topological polar surface area (TPSA) is 0 Å². The van der Waals surface area contributed by atoms with Gasteiger partial charge in [0, 0.05) is 4.90 Å². The Labute approximate surface area is 96.9 Å². The fourth-order valence-corrected chi connectivity index (χ4v) is 2.62. The van der Waals surface area contributed by atoms with Crippen LogP contribution in [0.15, 0.2) is 23.1 Å². The number of hydrogen-bond acceptors (Lipinski definition) is 2. The summed E-state index contributed by atoms with van der Waals surface area (Å²) in [6.07, 6.45) is 2.49. The van der Waals surface area contributed by atoms with Gasteiger partial charge in [-0.3, -0.25) is 0 Å². The van der Waals surface area contributed by atoms with E-state index < -0.39 is 0 Å². The van der Waals surface area contributed by atoms with Crippen molar-refractivity contribution in [1.82, 2.24) is 0 Å². The van der Waals surface area contributed by atoms with Gasteiger partial charge in [0.05, 0.1) is 0 Å². The number of benzene rings is 1. The Morgan fingerprint density at radius 3 is 2.71 bits per heavy atom. The third kappa shape index (κ3) is 3.97. The van der Waals surface area contributed by atoms with Crippen molar-refractivity contribution in [1.29, 1.82) is 0 Å². The molecule has 0 spiro atoms. The lowest BCUT2D eigenvalue weighted by atomic mass is 10.2. The molecule has 1 aromatic carbocycles. The number of hydrogen-bond donors (Lipinski definition) is 1. The molecule has 0 fully saturated rings. The molecule has 78 valence electrons. The monoisotopic (exact) mass is 226 g/mol. The Balaban J connectivity index is 2.45. The summed E-state index contributed by atoms with van der Waals surface area (Å²) in [5, 5.41) is 0. The first-order chi connectivity index (χ1) is 6.74. The number of unbranched alkanes of at least 4 members (excludes halogenated alkanes) is 1. The summed E-state index contributed by atoms with van der Waals surface area (Å²) in [4.78, 5) is 1.43. The molecule has 0 atom stereocenters. The summed E-state index contributed by atoms with van der Waals surface area (Å²) in [6.45, 7) is 4.33. The summed E-state index contributed by atoms with van der Waals surface area (Å²) in [5.74, 6) is 2.22. The van der Waals surface area contributed by atoms with Gasteiger partial charge in [-0.05, 0) is 49.8 Å². The van der Waals surface area contributed by atoms with Gasteiger partial charge < -0.3 is 0 Å². The zero-order valence-corrected chi connectivity index (χ0v) is 10.6. The smallest absolute Gasteiger partial charge is 0.0104 e. The third-order valence-electron chi connectivity index (χ3n) is 2.15. The molecule has 1 aromatic rings. The van der Waals surface area contributed by atoms with Crippen LogP contribution in [0.4, 0.5) is 0 Å². The van der Waals surface area contributed by atoms with Crippen molar-refractivity contribution in [3.63, 3.8) is 0 Å². The van der Waals surface area contributed by atoms with E-state index in [1.807, 2.05) is 11.8 Å². The largest absolute Gasteiger partial charge is 0.179 e. The lowest BCUT2D eigenvalue weighted by Gasteiger charge is -2.06. The van der Waals surface area contributed by atoms with Crippen LogP contribution in [0.25, 0.3) is 0 Å². The minimum atomic E-state index is 1.01. The van der Waals surface area contributed by atoms with Crippen molar-refractivity contribution in [2.24, 2.45) is 0 Å². The highest BCUT2D eigenvalue weighted by Gasteiger charge is 1.98. The molecular weight excluding hydrogens is 208 g/mol. The molecule has 0 aliphatic heterocycles. The fourth-order valence-electron chi connectivity index (χ4n) is 1.26. The van der Waals surface area contributed by atoms with Crippen LogP contribution in [0.1, 0.15) is 24.0 Å². The van der Waals surface area contributed by atoms with Gasteiger partial charge in [-0.25, -0.2) is 0 Å². The molecule has 0 unspecified atom stereocenters. The Morgan fingerprint density at radius 2 is 2.00 bits per heavy atom. The molecule has 0 radical (unpaired) electrons. The average molecular weight is 226 g/mol. The van der Waals surface area contributed by atoms with E-state index in [1.54, 1.807) is 0 Å². The average Bonchev–Trinajstić information content (AvgIpc) is 2.18. The molecule has 0 saturated carbocycles. The van der Waals surface area contributed by atoms with Crippen molar-refractivity contribution in [2.45, 2.75) is 31.6 Å². The maximum absolute atomic E-state index is 4.21. The van der Waals surface area contributed by atoms with E-state index in [9.17, 15) is 0 Å². The standard InChI is InChI=1S/C12H18S2/c1-10-5-6-11(2)12(9-10)14-8-4-3-7-13/h5-6,9,13H,3-4,7-8H2,1-2H3. The fraction of sp³-hybridized carbons (Fsp3) is 0.500. The van der Waals surface area contributed by atoms with Crippen molar-refractivity contribution in [3.05, 3.63) is 29.3 Å². The summed E-state index contributed by atoms with van der Waals surface area (Å²) < 4.78 is 0. The van der Waals surface area contributed by atoms with E-state index in [1.165, 1.54) is 34.6 Å². The molecule has 1 rings (SSSR count). The van der Waals surface area contributed by atoms with E-state index in [0.29, 0.717) is 0 Å². The summed E-state index contributed by atoms with van der Waals surface area (Å²) in [6, 6.07) is 6.66. The Morgan fingerprint density at radius 1 is 1.21 bits per heavy atom. The predicted octanol–water partition coefficient (Wildman–Crippen LogP) is 4.11. The van der Waals surface area contributed by atoms with E-state index >= 15 is 0 Å². The first-order valence-electron chi connectivity index (χ1n) is 5.05. The molecule has 0 heterocycles. The van der Waals surface area contributed by atoms with Gasteiger partial charge in [-0.15, -0.1) is 11.8 Å². The van der Waals surface area contributed by atoms with Crippen LogP contribution >= 0.6 is 24.4 Å². The van der Waals surface area contributed by atoms with Crippen molar-refractivity contribution in [2.75, 3.05) is 11.5 Å². The van der Waals surface area contributed by atoms with Crippen LogP contribution in [-0.2, 0) is 0 Å². The highest BCUT2D eigenvalue weighted by atomic mass is 32.2. The minimum absolute atomic E-state index is 1.01. The van der Waals surface area contributed by atoms with E-state index in [-0.39, 0.29) is 0 Å². The molecule has 0 aliphatic rings. The van der Waals surface area contributed by atoms with Crippen LogP contribution in [0.2, 0.25) is 0 Å². The molecule has 0 N–H and O–H groups in total. The van der Waals surface area contributed by atoms with Crippen LogP contribution in [0.3, 0.4) is 0 Å². The van der Waals surface area contributed by atoms with Crippen LogP contribution in [0, 0.1) is 13.8 Å². The number of thiol groups is 1. The van der Waals surface area contributed by atoms with Crippen LogP contribution in [0.5, 0.6) is 0 Å². The molecule has 0 amide bonds. The molecule has 0 saturated heterocycles. The Hall–Kier alpha value is -0.0800. The summed E-state index contributed by atoms with van der Waals surface area (Å²) >= 11 is 6.18. The van der Waals surface area contributed by atoms with Gasteiger partial charge in [0.25, 0.3) is 0 Å². The zero-order chi connectivity index (χ0) is 10.4. The second-order valence-electron chi connectivity index (χ2n) is 3.55. The Bertz CT molecular complexity index is 282. The van der Waals surface area contributed by atoms with Crippen molar-refractivity contribution < 1.29 is 0 Å². The van der Waals surface area contributed by atoms with Gasteiger partial charge in [0.1, 0.15) is 0 Å². The van der Waals surface area contributed by atoms with E-state index in [4.69, 9.17) is 0 Å². The maximum Gasteiger partial charge on any atom is 0.0104 e. The summed E-state index contributed by atoms with van der Waals surface area (Å²) in [5.41, 5.74) is 2.75. The maximum atomic E-state index is 4.21. The van der Waals surface area contributed by atoms with Gasteiger partial charge in [-0.1, -0.05) is 17.7 Å². The van der Waals surface area contributed by atoms with Gasteiger partial charge in [0.15, 0.2) is 0 Å². The predicted molar refractivity (Wildman–Crippen MR) is 69.7 cm³/mol. The van der Waals surface area contributed by atoms with Crippen LogP contribution < -0.4 is 0 Å². The Kier molecular flexibility index (Phi) is 5.49. The van der Waals surface area contributed by atoms with Gasteiger partial charge in [-0.2, -0.15) is 12.6 Å². The van der Waals surface area contributed by atoms with E-state index in [0.717, 1.165) is 5.75 Å². The molecule has 0 bridgehead atoms. The molecule has 0 aliphatic carbocycles. The first-order valence-corrected chi connectivity index (χ1v) is 6.67. The van der Waals surface area contributed by atoms with Crippen molar-refractivity contribution >= 4 is 24.4 Å². The first kappa shape index (κ1) is 12.0. The number of aryl methyl sites for hydroxylation is 2. The van der Waals surface area contributed by atoms with Crippen LogP contribution in [-0.4, -0.2) is 11.5 Å². The van der Waals surface area contributed by atoms with Gasteiger partial charge >= 0.3 is 0 Å². The normalized spacial score (nSPS) is 10.5. The molecule has 0 nitrogen and oxygen atoms in total. The highest BCUT2D eigenvalue weighted by molar-refractivity contribution is 7.99. The quantitative estimate of drug-likeness (QED) is 0.448. The number of rotatable bonds is 5. The SMILES string of the molecule is Cc1ccc(C)c(SCCCCS)c1. The lowest BCUT2D eigenvalue weighted by molar-refractivity contribution is 0.909. The molecule has 0 aromatic heterocycles. The lowest BCUT2D eigenvalue weighted by Crippen LogP contribution is -1.85. The van der Waals surface area contributed by atoms with E-state index in [2.05, 4.69) is 44.7 Å². The second kappa shape index (κ2) is 6.41. The molecule has 14 heavy (non-hydrogen) atoms. The summed E-state index contributed by atoms with van der Waals surface area (Å²) in [7, 11) is 0. The highest BCUT2D eigenvalue weighted by Crippen LogP contribution is 2.24. The number of thioether (sulfide) groups is 1. The second-order valence-corrected chi connectivity index (χ2v) is 5.13. The zero-order valence-electron chi connectivity index (χ0n) is 8.92. The van der Waals surface area contributed by atoms with Crippen molar-refractivity contribution in [3.8, 4) is 0 Å². The molecular formula is C12H18S2. The third-order valence-corrected chi connectivity index (χ3v) is 3.71. The molecule has 2 heteroatoms. The minimum Gasteiger partial charge on any atom is -0.179 e.